The van der Waals surface area contributed by atoms with Crippen molar-refractivity contribution in [1.82, 2.24) is 4.90 Å². The molecule has 0 atom stereocenters. The van der Waals surface area contributed by atoms with E-state index in [2.05, 4.69) is 80.3 Å². The number of benzene rings is 4. The highest BCUT2D eigenvalue weighted by atomic mass is 15.1. The van der Waals surface area contributed by atoms with Gasteiger partial charge in [0.15, 0.2) is 0 Å². The molecule has 2 radical (unpaired) electrons. The lowest BCUT2D eigenvalue weighted by atomic mass is 9.87. The fourth-order valence-electron chi connectivity index (χ4n) is 4.11. The average Bonchev–Trinajstić information content (AvgIpc) is 2.73. The fourth-order valence-corrected chi connectivity index (χ4v) is 4.11. The third kappa shape index (κ3) is 5.19. The molecule has 0 aliphatic heterocycles. The summed E-state index contributed by atoms with van der Waals surface area (Å²) >= 11 is 0. The lowest BCUT2D eigenvalue weighted by Gasteiger charge is -2.19. The largest absolute Gasteiger partial charge is 0.303 e. The van der Waals surface area contributed by atoms with Gasteiger partial charge in [-0.3, -0.25) is 0 Å². The van der Waals surface area contributed by atoms with Gasteiger partial charge in [-0.1, -0.05) is 80.8 Å². The van der Waals surface area contributed by atoms with Crippen molar-refractivity contribution in [1.29, 1.82) is 0 Å². The molecule has 2 heteroatoms. The van der Waals surface area contributed by atoms with Gasteiger partial charge in [0.25, 0.3) is 0 Å². The Labute approximate surface area is 177 Å². The maximum Gasteiger partial charge on any atom is 0.114 e. The van der Waals surface area contributed by atoms with Crippen molar-refractivity contribution in [2.45, 2.75) is 40.0 Å². The molecular weight excluding hydrogens is 349 g/mol. The summed E-state index contributed by atoms with van der Waals surface area (Å²) in [4.78, 5) is 2.54. The van der Waals surface area contributed by atoms with Gasteiger partial charge in [-0.05, 0) is 83.3 Å². The molecule has 0 aliphatic carbocycles. The molecule has 0 spiro atoms. The summed E-state index contributed by atoms with van der Waals surface area (Å²) in [5, 5.41) is 7.35. The van der Waals surface area contributed by atoms with Crippen molar-refractivity contribution >= 4 is 45.6 Å². The van der Waals surface area contributed by atoms with Crippen molar-refractivity contribution in [3.63, 3.8) is 0 Å². The Bertz CT molecular complexity index is 1060. The molecule has 0 aromatic heterocycles. The van der Waals surface area contributed by atoms with E-state index in [0.717, 1.165) is 10.8 Å². The molecule has 0 unspecified atom stereocenters. The van der Waals surface area contributed by atoms with Crippen LogP contribution in [0.5, 0.6) is 0 Å². The summed E-state index contributed by atoms with van der Waals surface area (Å²) < 4.78 is 0. The molecule has 4 rings (SSSR count). The second kappa shape index (κ2) is 10.5. The maximum absolute atomic E-state index is 6.17. The van der Waals surface area contributed by atoms with Gasteiger partial charge in [-0.15, -0.1) is 0 Å². The molecule has 0 saturated heterocycles. The average molecular weight is 381 g/mol. The SMILES string of the molecule is CCCN(CCC)CCC.[B]c1cccc2ccc3cc4ccccc4cc3c12. The van der Waals surface area contributed by atoms with Gasteiger partial charge >= 0.3 is 0 Å². The smallest absolute Gasteiger partial charge is 0.114 e. The second-order valence-electron chi connectivity index (χ2n) is 7.77. The Morgan fingerprint density at radius 1 is 0.621 bits per heavy atom. The van der Waals surface area contributed by atoms with E-state index in [-0.39, 0.29) is 0 Å². The van der Waals surface area contributed by atoms with E-state index in [4.69, 9.17) is 7.85 Å². The molecule has 0 bridgehead atoms. The quantitative estimate of drug-likeness (QED) is 0.210. The standard InChI is InChI=1S/C18H11B.C9H21N/c19-17-7-3-6-12-8-9-15-10-13-4-1-2-5-14(13)11-16(15)18(12)17;1-4-7-10(8-5-2)9-6-3/h1-11H;4-9H2,1-3H3. The first kappa shape index (κ1) is 21.4. The molecule has 1 nitrogen and oxygen atoms in total. The lowest BCUT2D eigenvalue weighted by molar-refractivity contribution is 0.275. The molecular formula is C27H32BN. The number of fused-ring (bicyclic) bond motifs is 4. The first-order chi connectivity index (χ1) is 14.2. The van der Waals surface area contributed by atoms with Gasteiger partial charge in [-0.25, -0.2) is 0 Å². The van der Waals surface area contributed by atoms with Crippen molar-refractivity contribution < 1.29 is 0 Å². The highest BCUT2D eigenvalue weighted by Gasteiger charge is 2.04. The molecule has 0 N–H and O–H groups in total. The zero-order chi connectivity index (χ0) is 20.6. The monoisotopic (exact) mass is 381 g/mol. The molecule has 0 saturated carbocycles. The van der Waals surface area contributed by atoms with Crippen molar-refractivity contribution in [3.8, 4) is 0 Å². The van der Waals surface area contributed by atoms with Gasteiger partial charge in [0.1, 0.15) is 7.85 Å². The first-order valence-electron chi connectivity index (χ1n) is 11.0. The third-order valence-corrected chi connectivity index (χ3v) is 5.38. The maximum atomic E-state index is 6.17. The zero-order valence-corrected chi connectivity index (χ0v) is 18.1. The predicted molar refractivity (Wildman–Crippen MR) is 132 cm³/mol. The zero-order valence-electron chi connectivity index (χ0n) is 18.1. The summed E-state index contributed by atoms with van der Waals surface area (Å²) in [6.07, 6.45) is 3.88. The summed E-state index contributed by atoms with van der Waals surface area (Å²) in [5.74, 6) is 0. The molecule has 0 amide bonds. The van der Waals surface area contributed by atoms with Crippen molar-refractivity contribution in [2.75, 3.05) is 19.6 Å². The van der Waals surface area contributed by atoms with Crippen LogP contribution in [-0.4, -0.2) is 32.4 Å². The highest BCUT2D eigenvalue weighted by Crippen LogP contribution is 2.28. The second-order valence-corrected chi connectivity index (χ2v) is 7.77. The van der Waals surface area contributed by atoms with E-state index in [1.165, 1.54) is 65.8 Å². The van der Waals surface area contributed by atoms with Crippen LogP contribution in [0.4, 0.5) is 0 Å². The van der Waals surface area contributed by atoms with Crippen LogP contribution in [0.15, 0.2) is 66.7 Å². The highest BCUT2D eigenvalue weighted by molar-refractivity contribution is 6.41. The molecule has 148 valence electrons. The van der Waals surface area contributed by atoms with E-state index in [0.29, 0.717) is 0 Å². The molecule has 4 aromatic rings. The number of hydrogen-bond acceptors (Lipinski definition) is 1. The molecule has 0 heterocycles. The van der Waals surface area contributed by atoms with Crippen LogP contribution >= 0.6 is 0 Å². The van der Waals surface area contributed by atoms with Crippen LogP contribution in [0.3, 0.4) is 0 Å². The topological polar surface area (TPSA) is 3.24 Å². The minimum atomic E-state index is 0.846. The van der Waals surface area contributed by atoms with Gasteiger partial charge in [0, 0.05) is 0 Å². The summed E-state index contributed by atoms with van der Waals surface area (Å²) in [5.41, 5.74) is 0.846. The van der Waals surface area contributed by atoms with E-state index >= 15 is 0 Å². The Balaban J connectivity index is 0.000000207. The van der Waals surface area contributed by atoms with Crippen LogP contribution < -0.4 is 5.46 Å². The van der Waals surface area contributed by atoms with Crippen LogP contribution in [0.1, 0.15) is 40.0 Å². The minimum absolute atomic E-state index is 0.846. The third-order valence-electron chi connectivity index (χ3n) is 5.38. The van der Waals surface area contributed by atoms with Gasteiger partial charge in [0.05, 0.1) is 0 Å². The van der Waals surface area contributed by atoms with Crippen LogP contribution in [-0.2, 0) is 0 Å². The predicted octanol–water partition coefficient (Wildman–Crippen LogP) is 6.46. The van der Waals surface area contributed by atoms with Crippen LogP contribution in [0.25, 0.3) is 32.3 Å². The number of rotatable bonds is 6. The molecule has 0 aliphatic rings. The summed E-state index contributed by atoms with van der Waals surface area (Å²) in [6.45, 7) is 10.6. The Hall–Kier alpha value is -2.32. The van der Waals surface area contributed by atoms with Crippen LogP contribution in [0.2, 0.25) is 0 Å². The Kier molecular flexibility index (Phi) is 7.72. The number of nitrogens with zero attached hydrogens (tertiary/aromatic N) is 1. The van der Waals surface area contributed by atoms with E-state index in [1.807, 2.05) is 12.1 Å². The minimum Gasteiger partial charge on any atom is -0.303 e. The van der Waals surface area contributed by atoms with Crippen molar-refractivity contribution in [2.24, 2.45) is 0 Å². The van der Waals surface area contributed by atoms with Crippen LogP contribution in [0, 0.1) is 0 Å². The Morgan fingerprint density at radius 2 is 1.17 bits per heavy atom. The van der Waals surface area contributed by atoms with E-state index < -0.39 is 0 Å². The molecule has 29 heavy (non-hydrogen) atoms. The Morgan fingerprint density at radius 3 is 1.79 bits per heavy atom. The van der Waals surface area contributed by atoms with Gasteiger partial charge in [-0.2, -0.15) is 0 Å². The van der Waals surface area contributed by atoms with Crippen molar-refractivity contribution in [3.05, 3.63) is 66.7 Å². The number of hydrogen-bond donors (Lipinski definition) is 0. The van der Waals surface area contributed by atoms with E-state index in [9.17, 15) is 0 Å². The lowest BCUT2D eigenvalue weighted by Crippen LogP contribution is -2.25. The van der Waals surface area contributed by atoms with Gasteiger partial charge in [0.2, 0.25) is 0 Å². The van der Waals surface area contributed by atoms with E-state index in [1.54, 1.807) is 0 Å². The summed E-state index contributed by atoms with van der Waals surface area (Å²) in [7, 11) is 6.17. The molecule has 4 aromatic carbocycles. The molecule has 0 fully saturated rings. The van der Waals surface area contributed by atoms with Gasteiger partial charge < -0.3 is 4.90 Å². The summed E-state index contributed by atoms with van der Waals surface area (Å²) in [6, 6.07) is 23.3. The fraction of sp³-hybridized carbons (Fsp3) is 0.333. The first-order valence-corrected chi connectivity index (χ1v) is 11.0. The normalized spacial score (nSPS) is 11.2.